The Balaban J connectivity index is 1.66. The van der Waals surface area contributed by atoms with Gasteiger partial charge in [0.25, 0.3) is 10.0 Å². The Morgan fingerprint density at radius 3 is 2.45 bits per heavy atom. The lowest BCUT2D eigenvalue weighted by atomic mass is 10.1. The van der Waals surface area contributed by atoms with Crippen LogP contribution in [0.4, 0.5) is 0 Å². The highest BCUT2D eigenvalue weighted by Crippen LogP contribution is 2.26. The zero-order valence-electron chi connectivity index (χ0n) is 11.7. The second-order valence-corrected chi connectivity index (χ2v) is 8.66. The summed E-state index contributed by atoms with van der Waals surface area (Å²) < 4.78 is 27.3. The number of rotatable bonds is 4. The number of hydrogen-bond acceptors (Lipinski definition) is 5. The molecule has 0 amide bonds. The van der Waals surface area contributed by atoms with Crippen LogP contribution in [-0.2, 0) is 16.4 Å². The summed E-state index contributed by atoms with van der Waals surface area (Å²) in [7, 11) is -3.28. The van der Waals surface area contributed by atoms with E-state index in [-0.39, 0.29) is 0 Å². The smallest absolute Gasteiger partial charge is 0.252 e. The molecule has 2 aliphatic rings. The summed E-state index contributed by atoms with van der Waals surface area (Å²) in [5.41, 5.74) is 0. The van der Waals surface area contributed by atoms with Gasteiger partial charge in [-0.15, -0.1) is 11.3 Å². The molecule has 0 spiro atoms. The molecule has 7 heteroatoms. The van der Waals surface area contributed by atoms with Crippen molar-refractivity contribution in [2.24, 2.45) is 0 Å². The van der Waals surface area contributed by atoms with Crippen molar-refractivity contribution in [1.29, 1.82) is 0 Å². The topological polar surface area (TPSA) is 52.7 Å². The fourth-order valence-corrected chi connectivity index (χ4v) is 5.53. The zero-order valence-corrected chi connectivity index (χ0v) is 13.3. The van der Waals surface area contributed by atoms with Crippen LogP contribution in [0.3, 0.4) is 0 Å². The molecule has 5 nitrogen and oxygen atoms in total. The number of hydrogen-bond donors (Lipinski definition) is 1. The maximum absolute atomic E-state index is 12.6. The van der Waals surface area contributed by atoms with Crippen LogP contribution < -0.4 is 5.32 Å². The molecule has 0 bridgehead atoms. The van der Waals surface area contributed by atoms with Crippen molar-refractivity contribution in [2.75, 3.05) is 39.3 Å². The highest BCUT2D eigenvalue weighted by atomic mass is 32.2. The van der Waals surface area contributed by atoms with Gasteiger partial charge in [0.2, 0.25) is 0 Å². The maximum Gasteiger partial charge on any atom is 0.252 e. The average Bonchev–Trinajstić information content (AvgIpc) is 2.87. The van der Waals surface area contributed by atoms with E-state index in [0.717, 1.165) is 37.5 Å². The van der Waals surface area contributed by atoms with E-state index in [1.807, 2.05) is 13.0 Å². The van der Waals surface area contributed by atoms with E-state index in [9.17, 15) is 8.42 Å². The highest BCUT2D eigenvalue weighted by molar-refractivity contribution is 7.91. The largest absolute Gasteiger partial charge is 0.314 e. The molecule has 0 aliphatic carbocycles. The van der Waals surface area contributed by atoms with Crippen molar-refractivity contribution in [3.05, 3.63) is 17.0 Å². The molecule has 1 N–H and O–H groups in total. The van der Waals surface area contributed by atoms with Crippen molar-refractivity contribution in [1.82, 2.24) is 14.5 Å². The summed E-state index contributed by atoms with van der Waals surface area (Å²) in [4.78, 5) is 3.52. The summed E-state index contributed by atoms with van der Waals surface area (Å²) in [6.45, 7) is 7.04. The fraction of sp³-hybridized carbons (Fsp3) is 0.692. The van der Waals surface area contributed by atoms with Crippen molar-refractivity contribution < 1.29 is 8.42 Å². The van der Waals surface area contributed by atoms with Crippen LogP contribution in [0.1, 0.15) is 11.8 Å². The molecular formula is C13H21N3O2S2. The molecular weight excluding hydrogens is 294 g/mol. The minimum absolute atomic E-state index is 0.494. The van der Waals surface area contributed by atoms with E-state index < -0.39 is 10.0 Å². The van der Waals surface area contributed by atoms with Crippen LogP contribution in [-0.4, -0.2) is 62.9 Å². The first kappa shape index (κ1) is 14.5. The molecule has 2 aliphatic heterocycles. The Kier molecular flexibility index (Phi) is 4.14. The Bertz CT molecular complexity index is 558. The summed E-state index contributed by atoms with van der Waals surface area (Å²) >= 11 is 1.40. The molecule has 112 valence electrons. The predicted octanol–water partition coefficient (Wildman–Crippen LogP) is 0.589. The second-order valence-electron chi connectivity index (χ2n) is 5.33. The van der Waals surface area contributed by atoms with Gasteiger partial charge in [0.15, 0.2) is 0 Å². The van der Waals surface area contributed by atoms with Crippen molar-refractivity contribution in [3.8, 4) is 0 Å². The molecule has 2 saturated heterocycles. The number of nitrogens with zero attached hydrogens (tertiary/aromatic N) is 2. The second kappa shape index (κ2) is 5.73. The maximum atomic E-state index is 12.6. The number of nitrogens with one attached hydrogen (secondary N) is 1. The third-order valence-corrected chi connectivity index (χ3v) is 7.72. The van der Waals surface area contributed by atoms with Crippen LogP contribution in [0.2, 0.25) is 0 Å². The van der Waals surface area contributed by atoms with Crippen molar-refractivity contribution in [3.63, 3.8) is 0 Å². The quantitative estimate of drug-likeness (QED) is 0.883. The number of thiophene rings is 1. The van der Waals surface area contributed by atoms with Crippen LogP contribution in [0.15, 0.2) is 16.3 Å². The highest BCUT2D eigenvalue weighted by Gasteiger charge is 2.33. The van der Waals surface area contributed by atoms with E-state index >= 15 is 0 Å². The van der Waals surface area contributed by atoms with Crippen LogP contribution in [0.25, 0.3) is 0 Å². The van der Waals surface area contributed by atoms with E-state index in [1.165, 1.54) is 11.3 Å². The molecule has 1 aromatic heterocycles. The lowest BCUT2D eigenvalue weighted by Gasteiger charge is -2.42. The van der Waals surface area contributed by atoms with Gasteiger partial charge in [-0.1, -0.05) is 6.92 Å². The molecule has 0 atom stereocenters. The molecule has 0 aromatic carbocycles. The first-order valence-corrected chi connectivity index (χ1v) is 9.40. The van der Waals surface area contributed by atoms with Gasteiger partial charge in [-0.2, -0.15) is 4.31 Å². The number of sulfonamides is 1. The van der Waals surface area contributed by atoms with Gasteiger partial charge in [-0.05, 0) is 18.6 Å². The van der Waals surface area contributed by atoms with E-state index in [1.54, 1.807) is 10.4 Å². The zero-order chi connectivity index (χ0) is 14.2. The van der Waals surface area contributed by atoms with Gasteiger partial charge < -0.3 is 5.32 Å². The number of piperazine rings is 1. The standard InChI is InChI=1S/C13H21N3O2S2/c1-2-12-3-4-13(19-12)20(17,18)16-7-5-15(6-8-16)11-9-14-10-11/h3-4,11,14H,2,5-10H2,1H3. The average molecular weight is 315 g/mol. The van der Waals surface area contributed by atoms with Gasteiger partial charge >= 0.3 is 0 Å². The van der Waals surface area contributed by atoms with Crippen molar-refractivity contribution >= 4 is 21.4 Å². The monoisotopic (exact) mass is 315 g/mol. The Morgan fingerprint density at radius 1 is 1.25 bits per heavy atom. The Morgan fingerprint density at radius 2 is 1.95 bits per heavy atom. The molecule has 1 aromatic rings. The minimum atomic E-state index is -3.28. The van der Waals surface area contributed by atoms with Crippen molar-refractivity contribution in [2.45, 2.75) is 23.6 Å². The summed E-state index contributed by atoms with van der Waals surface area (Å²) in [5.74, 6) is 0. The molecule has 2 fully saturated rings. The first-order valence-electron chi connectivity index (χ1n) is 7.15. The molecule has 0 saturated carbocycles. The lowest BCUT2D eigenvalue weighted by molar-refractivity contribution is 0.103. The van der Waals surface area contributed by atoms with E-state index in [2.05, 4.69) is 10.2 Å². The normalized spacial score (nSPS) is 22.9. The summed E-state index contributed by atoms with van der Waals surface area (Å²) in [6.07, 6.45) is 0.892. The van der Waals surface area contributed by atoms with Crippen LogP contribution >= 0.6 is 11.3 Å². The Labute approximate surface area is 124 Å². The summed E-state index contributed by atoms with van der Waals surface area (Å²) in [6, 6.07) is 4.28. The van der Waals surface area contributed by atoms with Gasteiger partial charge in [0, 0.05) is 50.2 Å². The number of aryl methyl sites for hydroxylation is 1. The van der Waals surface area contributed by atoms with Gasteiger partial charge in [0.05, 0.1) is 0 Å². The summed E-state index contributed by atoms with van der Waals surface area (Å²) in [5, 5.41) is 3.26. The third-order valence-electron chi connectivity index (χ3n) is 4.13. The third kappa shape index (κ3) is 2.65. The molecule has 0 radical (unpaired) electrons. The Hall–Kier alpha value is -0.470. The molecule has 0 unspecified atom stereocenters. The van der Waals surface area contributed by atoms with Crippen LogP contribution in [0, 0.1) is 0 Å². The SMILES string of the molecule is CCc1ccc(S(=O)(=O)N2CCN(C3CNC3)CC2)s1. The van der Waals surface area contributed by atoms with Gasteiger partial charge in [-0.3, -0.25) is 4.90 Å². The lowest BCUT2D eigenvalue weighted by Crippen LogP contribution is -2.61. The molecule has 3 rings (SSSR count). The molecule has 20 heavy (non-hydrogen) atoms. The van der Waals surface area contributed by atoms with Gasteiger partial charge in [0.1, 0.15) is 4.21 Å². The van der Waals surface area contributed by atoms with Crippen LogP contribution in [0.5, 0.6) is 0 Å². The minimum Gasteiger partial charge on any atom is -0.314 e. The first-order chi connectivity index (χ1) is 9.61. The van der Waals surface area contributed by atoms with E-state index in [0.29, 0.717) is 23.3 Å². The molecule has 3 heterocycles. The predicted molar refractivity (Wildman–Crippen MR) is 80.7 cm³/mol. The van der Waals surface area contributed by atoms with E-state index in [4.69, 9.17) is 0 Å². The fourth-order valence-electron chi connectivity index (χ4n) is 2.65. The van der Waals surface area contributed by atoms with Gasteiger partial charge in [-0.25, -0.2) is 8.42 Å².